The Balaban J connectivity index is 2.53. The number of hydrogen-bond donors (Lipinski definition) is 0. The number of nitrogens with zero attached hydrogens (tertiary/aromatic N) is 1. The highest BCUT2D eigenvalue weighted by Crippen LogP contribution is 2.34. The van der Waals surface area contributed by atoms with Crippen LogP contribution in [0, 0.1) is 0 Å². The number of hydrogen-bond acceptors (Lipinski definition) is 7. The van der Waals surface area contributed by atoms with Gasteiger partial charge in [-0.2, -0.15) is 0 Å². The van der Waals surface area contributed by atoms with E-state index in [1.807, 2.05) is 0 Å². The van der Waals surface area contributed by atoms with Gasteiger partial charge in [0.25, 0.3) is 0 Å². The van der Waals surface area contributed by atoms with E-state index in [0.717, 1.165) is 0 Å². The van der Waals surface area contributed by atoms with Gasteiger partial charge in [0.2, 0.25) is 0 Å². The molecule has 0 unspecified atom stereocenters. The highest BCUT2D eigenvalue weighted by atomic mass is 16.5. The first kappa shape index (κ1) is 17.6. The van der Waals surface area contributed by atoms with Crippen molar-refractivity contribution >= 4 is 17.6 Å². The summed E-state index contributed by atoms with van der Waals surface area (Å²) in [5.74, 6) is -0.782. The minimum absolute atomic E-state index is 0.0384. The van der Waals surface area contributed by atoms with Crippen molar-refractivity contribution in [2.24, 2.45) is 0 Å². The fraction of sp³-hybridized carbons (Fsp3) is 0.294. The molecule has 24 heavy (non-hydrogen) atoms. The lowest BCUT2D eigenvalue weighted by Gasteiger charge is -2.32. The standard InChI is InChI=1S/C17H19NO6/c1-4-9-24-14-8-6-5-7-13(14)18-11-23-10-12(16(19)21-2)15(18)17(20)22-3/h4-8H,1,9-11H2,2-3H3. The molecule has 0 spiro atoms. The van der Waals surface area contributed by atoms with Gasteiger partial charge in [0.1, 0.15) is 24.8 Å². The number of carbonyl (C=O) groups is 2. The SMILES string of the molecule is C=CCOc1ccccc1N1COCC(C(=O)OC)=C1C(=O)OC. The Hall–Kier alpha value is -2.80. The predicted molar refractivity (Wildman–Crippen MR) is 86.5 cm³/mol. The van der Waals surface area contributed by atoms with E-state index >= 15 is 0 Å². The largest absolute Gasteiger partial charge is 0.487 e. The molecule has 0 saturated carbocycles. The molecule has 0 radical (unpaired) electrons. The summed E-state index contributed by atoms with van der Waals surface area (Å²) in [6.07, 6.45) is 1.61. The molecule has 1 aromatic carbocycles. The van der Waals surface area contributed by atoms with Crippen LogP contribution in [0.2, 0.25) is 0 Å². The molecule has 0 atom stereocenters. The van der Waals surface area contributed by atoms with Crippen molar-refractivity contribution < 1.29 is 28.5 Å². The van der Waals surface area contributed by atoms with Crippen LogP contribution in [-0.4, -0.2) is 46.1 Å². The molecule has 0 amide bonds. The van der Waals surface area contributed by atoms with E-state index in [2.05, 4.69) is 6.58 Å². The second-order valence-corrected chi connectivity index (χ2v) is 4.78. The van der Waals surface area contributed by atoms with Crippen molar-refractivity contribution in [2.45, 2.75) is 0 Å². The second kappa shape index (κ2) is 8.16. The van der Waals surface area contributed by atoms with Crippen LogP contribution < -0.4 is 9.64 Å². The molecule has 0 aromatic heterocycles. The topological polar surface area (TPSA) is 74.3 Å². The Morgan fingerprint density at radius 1 is 1.25 bits per heavy atom. The van der Waals surface area contributed by atoms with Crippen molar-refractivity contribution in [1.29, 1.82) is 0 Å². The minimum Gasteiger partial charge on any atom is -0.487 e. The molecule has 1 aromatic rings. The molecule has 1 aliphatic rings. The first-order valence-electron chi connectivity index (χ1n) is 7.21. The molecular formula is C17H19NO6. The number of esters is 2. The molecule has 128 valence electrons. The zero-order valence-corrected chi connectivity index (χ0v) is 13.6. The lowest BCUT2D eigenvalue weighted by molar-refractivity contribution is -0.140. The van der Waals surface area contributed by atoms with Crippen molar-refractivity contribution in [1.82, 2.24) is 0 Å². The van der Waals surface area contributed by atoms with Crippen LogP contribution in [0.1, 0.15) is 0 Å². The number of rotatable bonds is 6. The van der Waals surface area contributed by atoms with Crippen molar-refractivity contribution in [2.75, 3.05) is 39.1 Å². The lowest BCUT2D eigenvalue weighted by atomic mass is 10.1. The maximum Gasteiger partial charge on any atom is 0.355 e. The molecule has 0 saturated heterocycles. The van der Waals surface area contributed by atoms with Gasteiger partial charge in [-0.15, -0.1) is 0 Å². The number of ether oxygens (including phenoxy) is 4. The zero-order chi connectivity index (χ0) is 17.5. The maximum atomic E-state index is 12.3. The van der Waals surface area contributed by atoms with Gasteiger partial charge in [-0.3, -0.25) is 0 Å². The average Bonchev–Trinajstić information content (AvgIpc) is 2.64. The minimum atomic E-state index is -0.655. The van der Waals surface area contributed by atoms with Crippen LogP contribution in [0.4, 0.5) is 5.69 Å². The highest BCUT2D eigenvalue weighted by Gasteiger charge is 2.33. The first-order valence-corrected chi connectivity index (χ1v) is 7.21. The van der Waals surface area contributed by atoms with Gasteiger partial charge in [0.15, 0.2) is 0 Å². The number of benzene rings is 1. The van der Waals surface area contributed by atoms with E-state index in [1.54, 1.807) is 30.3 Å². The Kier molecular flexibility index (Phi) is 5.97. The number of anilines is 1. The van der Waals surface area contributed by atoms with Crippen LogP contribution >= 0.6 is 0 Å². The molecule has 1 heterocycles. The Labute approximate surface area is 140 Å². The summed E-state index contributed by atoms with van der Waals surface area (Å²) in [5, 5.41) is 0. The molecule has 7 nitrogen and oxygen atoms in total. The van der Waals surface area contributed by atoms with Crippen LogP contribution in [0.3, 0.4) is 0 Å². The highest BCUT2D eigenvalue weighted by molar-refractivity contribution is 6.03. The van der Waals surface area contributed by atoms with Gasteiger partial charge in [-0.25, -0.2) is 9.59 Å². The lowest BCUT2D eigenvalue weighted by Crippen LogP contribution is -2.39. The van der Waals surface area contributed by atoms with E-state index in [4.69, 9.17) is 18.9 Å². The first-order chi connectivity index (χ1) is 11.6. The van der Waals surface area contributed by atoms with Gasteiger partial charge >= 0.3 is 11.9 Å². The van der Waals surface area contributed by atoms with E-state index in [1.165, 1.54) is 19.1 Å². The van der Waals surface area contributed by atoms with E-state index in [-0.39, 0.29) is 24.6 Å². The maximum absolute atomic E-state index is 12.3. The second-order valence-electron chi connectivity index (χ2n) is 4.78. The predicted octanol–water partition coefficient (Wildman–Crippen LogP) is 1.65. The third-order valence-corrected chi connectivity index (χ3v) is 3.35. The number of para-hydroxylation sites is 2. The van der Waals surface area contributed by atoms with E-state index < -0.39 is 11.9 Å². The summed E-state index contributed by atoms with van der Waals surface area (Å²) in [6, 6.07) is 7.10. The number of methoxy groups -OCH3 is 2. The summed E-state index contributed by atoms with van der Waals surface area (Å²) in [4.78, 5) is 25.8. The quantitative estimate of drug-likeness (QED) is 0.579. The van der Waals surface area contributed by atoms with Gasteiger partial charge in [0.05, 0.1) is 32.1 Å². The molecule has 0 aliphatic carbocycles. The van der Waals surface area contributed by atoms with Crippen LogP contribution in [0.15, 0.2) is 48.2 Å². The third-order valence-electron chi connectivity index (χ3n) is 3.35. The van der Waals surface area contributed by atoms with Gasteiger partial charge < -0.3 is 23.8 Å². The smallest absolute Gasteiger partial charge is 0.355 e. The number of carbonyl (C=O) groups excluding carboxylic acids is 2. The average molecular weight is 333 g/mol. The zero-order valence-electron chi connectivity index (χ0n) is 13.6. The van der Waals surface area contributed by atoms with E-state index in [0.29, 0.717) is 18.0 Å². The summed E-state index contributed by atoms with van der Waals surface area (Å²) in [7, 11) is 2.49. The van der Waals surface area contributed by atoms with E-state index in [9.17, 15) is 9.59 Å². The Morgan fingerprint density at radius 2 is 1.96 bits per heavy atom. The van der Waals surface area contributed by atoms with Gasteiger partial charge in [0, 0.05) is 0 Å². The normalized spacial score (nSPS) is 14.2. The monoisotopic (exact) mass is 333 g/mol. The summed E-state index contributed by atoms with van der Waals surface area (Å²) < 4.78 is 20.6. The Bertz CT molecular complexity index is 667. The van der Waals surface area contributed by atoms with Crippen LogP contribution in [-0.2, 0) is 23.8 Å². The molecule has 1 aliphatic heterocycles. The molecule has 0 bridgehead atoms. The summed E-state index contributed by atoms with van der Waals surface area (Å²) in [6.45, 7) is 3.94. The molecule has 7 heteroatoms. The van der Waals surface area contributed by atoms with Crippen molar-refractivity contribution in [3.05, 3.63) is 48.2 Å². The van der Waals surface area contributed by atoms with Crippen LogP contribution in [0.25, 0.3) is 0 Å². The van der Waals surface area contributed by atoms with Gasteiger partial charge in [-0.05, 0) is 12.1 Å². The van der Waals surface area contributed by atoms with Crippen molar-refractivity contribution in [3.8, 4) is 5.75 Å². The fourth-order valence-electron chi connectivity index (χ4n) is 2.28. The molecule has 0 N–H and O–H groups in total. The summed E-state index contributed by atoms with van der Waals surface area (Å²) in [5.41, 5.74) is 0.736. The Morgan fingerprint density at radius 3 is 2.62 bits per heavy atom. The molecule has 0 fully saturated rings. The van der Waals surface area contributed by atoms with Gasteiger partial charge in [-0.1, -0.05) is 24.8 Å². The third kappa shape index (κ3) is 3.57. The van der Waals surface area contributed by atoms with Crippen LogP contribution in [0.5, 0.6) is 5.75 Å². The van der Waals surface area contributed by atoms with Crippen molar-refractivity contribution in [3.63, 3.8) is 0 Å². The molecular weight excluding hydrogens is 314 g/mol. The fourth-order valence-corrected chi connectivity index (χ4v) is 2.28. The molecule has 2 rings (SSSR count). The summed E-state index contributed by atoms with van der Waals surface area (Å²) >= 11 is 0.